The van der Waals surface area contributed by atoms with Crippen LogP contribution in [0.2, 0.25) is 0 Å². The first-order valence-electron chi connectivity index (χ1n) is 3.35. The number of nitrogens with two attached hydrogens (primary N) is 2. The van der Waals surface area contributed by atoms with E-state index in [4.69, 9.17) is 21.7 Å². The quantitative estimate of drug-likeness (QED) is 0.396. The van der Waals surface area contributed by atoms with Gasteiger partial charge in [0.25, 0.3) is 0 Å². The average Bonchev–Trinajstić information content (AvgIpc) is 2.00. The van der Waals surface area contributed by atoms with Gasteiger partial charge in [0, 0.05) is 6.04 Å². The van der Waals surface area contributed by atoms with Crippen molar-refractivity contribution < 1.29 is 15.0 Å². The zero-order valence-electron chi connectivity index (χ0n) is 6.40. The van der Waals surface area contributed by atoms with Gasteiger partial charge in [0.2, 0.25) is 0 Å². The van der Waals surface area contributed by atoms with Crippen molar-refractivity contribution >= 4 is 5.97 Å². The second-order valence-corrected chi connectivity index (χ2v) is 2.57. The molecule has 0 fully saturated rings. The topological polar surface area (TPSA) is 110 Å². The highest BCUT2D eigenvalue weighted by molar-refractivity contribution is 5.73. The van der Waals surface area contributed by atoms with E-state index in [1.807, 2.05) is 0 Å². The van der Waals surface area contributed by atoms with Gasteiger partial charge in [0.15, 0.2) is 0 Å². The fourth-order valence-electron chi connectivity index (χ4n) is 0.657. The Bertz CT molecular complexity index is 140. The van der Waals surface area contributed by atoms with Crippen LogP contribution in [0, 0.1) is 5.92 Å². The molecule has 0 aromatic rings. The molecule has 0 aliphatic carbocycles. The first-order chi connectivity index (χ1) is 5.00. The van der Waals surface area contributed by atoms with Gasteiger partial charge in [-0.2, -0.15) is 0 Å². The fourth-order valence-corrected chi connectivity index (χ4v) is 0.657. The van der Waals surface area contributed by atoms with Crippen LogP contribution in [-0.2, 0) is 4.79 Å². The average molecular weight is 162 g/mol. The third kappa shape index (κ3) is 2.83. The second kappa shape index (κ2) is 4.27. The largest absolute Gasteiger partial charge is 0.480 e. The SMILES string of the molecule is C[C@H]([C@@H](N)CO)[C@@H](N)C(=O)O. The van der Waals surface area contributed by atoms with Crippen molar-refractivity contribution in [2.45, 2.75) is 19.0 Å². The Morgan fingerprint density at radius 2 is 2.00 bits per heavy atom. The summed E-state index contributed by atoms with van der Waals surface area (Å²) in [6, 6.07) is -1.57. The van der Waals surface area contributed by atoms with E-state index in [0.29, 0.717) is 0 Å². The van der Waals surface area contributed by atoms with E-state index in [9.17, 15) is 4.79 Å². The van der Waals surface area contributed by atoms with Crippen molar-refractivity contribution in [3.63, 3.8) is 0 Å². The molecular weight excluding hydrogens is 148 g/mol. The molecule has 0 bridgehead atoms. The lowest BCUT2D eigenvalue weighted by Gasteiger charge is -2.20. The Balaban J connectivity index is 4.00. The zero-order chi connectivity index (χ0) is 9.02. The summed E-state index contributed by atoms with van der Waals surface area (Å²) in [5.74, 6) is -1.51. The molecular formula is C6H14N2O3. The molecule has 0 rings (SSSR count). The molecule has 0 spiro atoms. The van der Waals surface area contributed by atoms with E-state index in [-0.39, 0.29) is 6.61 Å². The maximum absolute atomic E-state index is 10.3. The van der Waals surface area contributed by atoms with E-state index in [1.54, 1.807) is 6.92 Å². The fraction of sp³-hybridized carbons (Fsp3) is 0.833. The molecule has 0 radical (unpaired) electrons. The molecule has 0 amide bonds. The normalized spacial score (nSPS) is 18.9. The predicted octanol–water partition coefficient (Wildman–Crippen LogP) is -1.65. The van der Waals surface area contributed by atoms with Crippen LogP contribution in [0.5, 0.6) is 0 Å². The minimum atomic E-state index is -1.10. The highest BCUT2D eigenvalue weighted by Crippen LogP contribution is 2.04. The van der Waals surface area contributed by atoms with Gasteiger partial charge in [0.1, 0.15) is 6.04 Å². The van der Waals surface area contributed by atoms with Crippen molar-refractivity contribution in [3.8, 4) is 0 Å². The molecule has 0 aromatic carbocycles. The van der Waals surface area contributed by atoms with E-state index >= 15 is 0 Å². The van der Waals surface area contributed by atoms with E-state index < -0.39 is 24.0 Å². The summed E-state index contributed by atoms with van der Waals surface area (Å²) in [7, 11) is 0. The Morgan fingerprint density at radius 3 is 2.27 bits per heavy atom. The summed E-state index contributed by atoms with van der Waals surface area (Å²) in [6.45, 7) is 1.35. The standard InChI is InChI=1S/C6H14N2O3/c1-3(4(7)2-9)5(8)6(10)11/h3-5,9H,2,7-8H2,1H3,(H,10,11)/t3-,4+,5-/m1/s1. The minimum Gasteiger partial charge on any atom is -0.480 e. The number of rotatable bonds is 4. The third-order valence-electron chi connectivity index (χ3n) is 1.74. The molecule has 0 aliphatic heterocycles. The number of aliphatic hydroxyl groups excluding tert-OH is 1. The molecule has 5 heteroatoms. The molecule has 3 atom stereocenters. The first-order valence-corrected chi connectivity index (χ1v) is 3.35. The smallest absolute Gasteiger partial charge is 0.320 e. The lowest BCUT2D eigenvalue weighted by Crippen LogP contribution is -2.47. The summed E-state index contributed by atoms with van der Waals surface area (Å²) in [6.07, 6.45) is 0. The van der Waals surface area contributed by atoms with Crippen LogP contribution in [0.3, 0.4) is 0 Å². The minimum absolute atomic E-state index is 0.248. The Labute approximate surface area is 65.0 Å². The van der Waals surface area contributed by atoms with Crippen LogP contribution < -0.4 is 11.5 Å². The van der Waals surface area contributed by atoms with Crippen LogP contribution in [0.1, 0.15) is 6.92 Å². The van der Waals surface area contributed by atoms with Gasteiger partial charge in [-0.3, -0.25) is 4.79 Å². The maximum atomic E-state index is 10.3. The van der Waals surface area contributed by atoms with Crippen LogP contribution >= 0.6 is 0 Å². The molecule has 0 heterocycles. The predicted molar refractivity (Wildman–Crippen MR) is 39.8 cm³/mol. The van der Waals surface area contributed by atoms with Crippen molar-refractivity contribution in [2.24, 2.45) is 17.4 Å². The molecule has 0 saturated heterocycles. The summed E-state index contributed by atoms with van der Waals surface area (Å²) < 4.78 is 0. The van der Waals surface area contributed by atoms with Crippen molar-refractivity contribution in [2.75, 3.05) is 6.61 Å². The van der Waals surface area contributed by atoms with Crippen molar-refractivity contribution in [1.82, 2.24) is 0 Å². The monoisotopic (exact) mass is 162 g/mol. The maximum Gasteiger partial charge on any atom is 0.320 e. The second-order valence-electron chi connectivity index (χ2n) is 2.57. The van der Waals surface area contributed by atoms with E-state index in [2.05, 4.69) is 0 Å². The lowest BCUT2D eigenvalue weighted by atomic mass is 9.95. The third-order valence-corrected chi connectivity index (χ3v) is 1.74. The van der Waals surface area contributed by atoms with Crippen LogP contribution in [0.25, 0.3) is 0 Å². The number of carboxylic acid groups (broad SMARTS) is 1. The Morgan fingerprint density at radius 1 is 1.55 bits per heavy atom. The molecule has 0 aliphatic rings. The van der Waals surface area contributed by atoms with Crippen molar-refractivity contribution in [3.05, 3.63) is 0 Å². The van der Waals surface area contributed by atoms with Crippen molar-refractivity contribution in [1.29, 1.82) is 0 Å². The van der Waals surface area contributed by atoms with Gasteiger partial charge in [-0.05, 0) is 5.92 Å². The zero-order valence-corrected chi connectivity index (χ0v) is 6.40. The van der Waals surface area contributed by atoms with Gasteiger partial charge in [-0.15, -0.1) is 0 Å². The lowest BCUT2D eigenvalue weighted by molar-refractivity contribution is -0.140. The summed E-state index contributed by atoms with van der Waals surface area (Å²) in [4.78, 5) is 10.3. The van der Waals surface area contributed by atoms with Gasteiger partial charge in [0.05, 0.1) is 6.61 Å². The number of aliphatic hydroxyl groups is 1. The summed E-state index contributed by atoms with van der Waals surface area (Å²) in [5.41, 5.74) is 10.6. The van der Waals surface area contributed by atoms with E-state index in [1.165, 1.54) is 0 Å². The number of carboxylic acids is 1. The van der Waals surface area contributed by atoms with Gasteiger partial charge >= 0.3 is 5.97 Å². The molecule has 0 aromatic heterocycles. The van der Waals surface area contributed by atoms with Crippen LogP contribution in [-0.4, -0.2) is 34.9 Å². The Kier molecular flexibility index (Phi) is 4.02. The summed E-state index contributed by atoms with van der Waals surface area (Å²) in [5, 5.41) is 17.0. The van der Waals surface area contributed by atoms with E-state index in [0.717, 1.165) is 0 Å². The molecule has 0 saturated carbocycles. The number of aliphatic carboxylic acids is 1. The molecule has 5 nitrogen and oxygen atoms in total. The highest BCUT2D eigenvalue weighted by atomic mass is 16.4. The number of carbonyl (C=O) groups is 1. The number of hydrogen-bond donors (Lipinski definition) is 4. The van der Waals surface area contributed by atoms with Gasteiger partial charge in [-0.1, -0.05) is 6.92 Å². The van der Waals surface area contributed by atoms with Gasteiger partial charge in [-0.25, -0.2) is 0 Å². The molecule has 66 valence electrons. The summed E-state index contributed by atoms with van der Waals surface area (Å²) >= 11 is 0. The Hall–Kier alpha value is -0.650. The van der Waals surface area contributed by atoms with Crippen LogP contribution in [0.4, 0.5) is 0 Å². The molecule has 11 heavy (non-hydrogen) atoms. The molecule has 0 unspecified atom stereocenters. The van der Waals surface area contributed by atoms with Gasteiger partial charge < -0.3 is 21.7 Å². The first kappa shape index (κ1) is 10.3. The number of hydrogen-bond acceptors (Lipinski definition) is 4. The molecule has 6 N–H and O–H groups in total. The van der Waals surface area contributed by atoms with Crippen LogP contribution in [0.15, 0.2) is 0 Å². The highest BCUT2D eigenvalue weighted by Gasteiger charge is 2.24.